The van der Waals surface area contributed by atoms with Gasteiger partial charge in [-0.15, -0.1) is 0 Å². The van der Waals surface area contributed by atoms with Crippen LogP contribution in [0.1, 0.15) is 51.0 Å². The number of benzene rings is 1. The molecule has 2 N–H and O–H groups in total. The van der Waals surface area contributed by atoms with Gasteiger partial charge in [0.25, 0.3) is 0 Å². The van der Waals surface area contributed by atoms with Crippen LogP contribution in [-0.4, -0.2) is 37.2 Å². The van der Waals surface area contributed by atoms with Crippen molar-refractivity contribution in [2.75, 3.05) is 13.2 Å². The van der Waals surface area contributed by atoms with Gasteiger partial charge < -0.3 is 15.4 Å². The van der Waals surface area contributed by atoms with Gasteiger partial charge >= 0.3 is 0 Å². The Balaban J connectivity index is 1.25. The molecule has 1 aliphatic heterocycles. The monoisotopic (exact) mass is 396 g/mol. The van der Waals surface area contributed by atoms with E-state index in [9.17, 15) is 4.79 Å². The van der Waals surface area contributed by atoms with Crippen molar-refractivity contribution in [2.24, 2.45) is 29.6 Å². The number of ether oxygens (including phenoxy) is 1. The van der Waals surface area contributed by atoms with E-state index in [1.807, 2.05) is 0 Å². The van der Waals surface area contributed by atoms with Crippen molar-refractivity contribution in [2.45, 2.75) is 70.1 Å². The standard InChI is InChI=1S/C25H36N2O2/c1-2-29-20-14-13-18-21-17(20)11-6-12-19(21)23-22(18)24(25(28)27-23)26-15-7-10-16-8-4-3-5-9-16/h3-5,8-9,17-24,26H,2,6-7,10-15H2,1H3,(H,27,28). The van der Waals surface area contributed by atoms with Crippen molar-refractivity contribution >= 4 is 5.91 Å². The number of carbonyl (C=O) groups excluding carboxylic acids is 1. The van der Waals surface area contributed by atoms with Gasteiger partial charge in [0.2, 0.25) is 5.91 Å². The molecule has 0 aromatic heterocycles. The molecule has 5 rings (SSSR count). The predicted octanol–water partition coefficient (Wildman–Crippen LogP) is 3.55. The number of fused-ring (bicyclic) bond motifs is 3. The van der Waals surface area contributed by atoms with E-state index in [1.165, 1.54) is 37.7 Å². The highest BCUT2D eigenvalue weighted by Crippen LogP contribution is 2.59. The summed E-state index contributed by atoms with van der Waals surface area (Å²) in [6.07, 6.45) is 8.95. The van der Waals surface area contributed by atoms with Crippen LogP contribution in [0.5, 0.6) is 0 Å². The van der Waals surface area contributed by atoms with Crippen LogP contribution >= 0.6 is 0 Å². The lowest BCUT2D eigenvalue weighted by Crippen LogP contribution is -2.48. The van der Waals surface area contributed by atoms with E-state index in [0.717, 1.165) is 31.9 Å². The quantitative estimate of drug-likeness (QED) is 0.693. The second-order valence-electron chi connectivity index (χ2n) is 9.70. The van der Waals surface area contributed by atoms with Gasteiger partial charge in [0.15, 0.2) is 0 Å². The molecule has 3 aliphatic carbocycles. The van der Waals surface area contributed by atoms with E-state index >= 15 is 0 Å². The Hall–Kier alpha value is -1.39. The first-order valence-electron chi connectivity index (χ1n) is 12.0. The Kier molecular flexibility index (Phi) is 5.66. The minimum atomic E-state index is 0.00988. The van der Waals surface area contributed by atoms with Gasteiger partial charge in [0.05, 0.1) is 12.1 Å². The lowest BCUT2D eigenvalue weighted by atomic mass is 9.62. The van der Waals surface area contributed by atoms with E-state index in [2.05, 4.69) is 47.9 Å². The molecule has 1 aromatic rings. The Morgan fingerprint density at radius 1 is 1.03 bits per heavy atom. The molecule has 1 amide bonds. The minimum absolute atomic E-state index is 0.00988. The summed E-state index contributed by atoms with van der Waals surface area (Å²) in [5.74, 6) is 3.58. The van der Waals surface area contributed by atoms with Crippen LogP contribution in [-0.2, 0) is 16.0 Å². The van der Waals surface area contributed by atoms with E-state index in [-0.39, 0.29) is 11.9 Å². The molecule has 4 nitrogen and oxygen atoms in total. The molecule has 4 heteroatoms. The van der Waals surface area contributed by atoms with Gasteiger partial charge in [-0.1, -0.05) is 36.8 Å². The Morgan fingerprint density at radius 3 is 2.69 bits per heavy atom. The van der Waals surface area contributed by atoms with Crippen LogP contribution in [0.25, 0.3) is 0 Å². The highest BCUT2D eigenvalue weighted by atomic mass is 16.5. The number of aryl methyl sites for hydroxylation is 1. The van der Waals surface area contributed by atoms with Crippen molar-refractivity contribution < 1.29 is 9.53 Å². The van der Waals surface area contributed by atoms with Crippen LogP contribution in [0.4, 0.5) is 0 Å². The maximum Gasteiger partial charge on any atom is 0.237 e. The molecule has 0 spiro atoms. The first-order chi connectivity index (χ1) is 14.3. The molecule has 158 valence electrons. The fourth-order valence-corrected chi connectivity index (χ4v) is 7.47. The van der Waals surface area contributed by atoms with E-state index in [0.29, 0.717) is 35.8 Å². The van der Waals surface area contributed by atoms with E-state index in [1.54, 1.807) is 0 Å². The number of hydrogen-bond acceptors (Lipinski definition) is 3. The topological polar surface area (TPSA) is 50.4 Å². The van der Waals surface area contributed by atoms with E-state index in [4.69, 9.17) is 4.74 Å². The van der Waals surface area contributed by atoms with Crippen LogP contribution < -0.4 is 10.6 Å². The molecule has 8 unspecified atom stereocenters. The normalized spacial score (nSPS) is 40.4. The van der Waals surface area contributed by atoms with Crippen LogP contribution in [0.15, 0.2) is 30.3 Å². The van der Waals surface area contributed by atoms with Crippen molar-refractivity contribution in [1.29, 1.82) is 0 Å². The van der Waals surface area contributed by atoms with Crippen molar-refractivity contribution in [3.8, 4) is 0 Å². The third-order valence-corrected chi connectivity index (χ3v) is 8.40. The summed E-state index contributed by atoms with van der Waals surface area (Å²) in [5.41, 5.74) is 1.38. The maximum atomic E-state index is 12.9. The predicted molar refractivity (Wildman–Crippen MR) is 114 cm³/mol. The second-order valence-corrected chi connectivity index (χ2v) is 9.70. The van der Waals surface area contributed by atoms with Crippen molar-refractivity contribution in [3.05, 3.63) is 35.9 Å². The Bertz CT molecular complexity index is 708. The molecule has 4 aliphatic rings. The Morgan fingerprint density at radius 2 is 1.86 bits per heavy atom. The number of nitrogens with one attached hydrogen (secondary N) is 2. The summed E-state index contributed by atoms with van der Waals surface area (Å²) in [5, 5.41) is 7.12. The molecular formula is C25H36N2O2. The molecule has 1 heterocycles. The molecule has 4 fully saturated rings. The minimum Gasteiger partial charge on any atom is -0.378 e. The molecule has 1 aromatic carbocycles. The first kappa shape index (κ1) is 19.6. The number of hydrogen-bond donors (Lipinski definition) is 2. The average molecular weight is 397 g/mol. The van der Waals surface area contributed by atoms with Crippen LogP contribution in [0.3, 0.4) is 0 Å². The zero-order chi connectivity index (χ0) is 19.8. The fraction of sp³-hybridized carbons (Fsp3) is 0.720. The largest absolute Gasteiger partial charge is 0.378 e. The number of carbonyl (C=O) groups is 1. The second kappa shape index (κ2) is 8.39. The zero-order valence-electron chi connectivity index (χ0n) is 17.7. The molecule has 8 atom stereocenters. The Labute approximate surface area is 175 Å². The summed E-state index contributed by atoms with van der Waals surface area (Å²) in [7, 11) is 0. The van der Waals surface area contributed by atoms with Crippen LogP contribution in [0.2, 0.25) is 0 Å². The van der Waals surface area contributed by atoms with Gasteiger partial charge in [-0.05, 0) is 81.2 Å². The highest BCUT2D eigenvalue weighted by Gasteiger charge is 2.62. The average Bonchev–Trinajstić information content (AvgIpc) is 3.23. The molecule has 29 heavy (non-hydrogen) atoms. The maximum absolute atomic E-state index is 12.9. The zero-order valence-corrected chi connectivity index (χ0v) is 17.7. The third-order valence-electron chi connectivity index (χ3n) is 8.40. The molecular weight excluding hydrogens is 360 g/mol. The van der Waals surface area contributed by atoms with Gasteiger partial charge in [-0.3, -0.25) is 4.79 Å². The lowest BCUT2D eigenvalue weighted by molar-refractivity contribution is -0.123. The number of rotatable bonds is 7. The van der Waals surface area contributed by atoms with Crippen molar-refractivity contribution in [3.63, 3.8) is 0 Å². The highest BCUT2D eigenvalue weighted by molar-refractivity contribution is 5.85. The summed E-state index contributed by atoms with van der Waals surface area (Å²) < 4.78 is 6.17. The summed E-state index contributed by atoms with van der Waals surface area (Å²) in [6.45, 7) is 3.88. The van der Waals surface area contributed by atoms with Crippen LogP contribution in [0, 0.1) is 29.6 Å². The molecule has 0 bridgehead atoms. The van der Waals surface area contributed by atoms with Gasteiger partial charge in [0.1, 0.15) is 0 Å². The SMILES string of the molecule is CCOC1CCC2C3C1CCCC3C1NC(=O)C(NCCCc3ccccc3)C21. The first-order valence-corrected chi connectivity index (χ1v) is 12.0. The fourth-order valence-electron chi connectivity index (χ4n) is 7.47. The summed E-state index contributed by atoms with van der Waals surface area (Å²) in [4.78, 5) is 12.9. The van der Waals surface area contributed by atoms with E-state index < -0.39 is 0 Å². The van der Waals surface area contributed by atoms with Gasteiger partial charge in [-0.2, -0.15) is 0 Å². The molecule has 3 saturated carbocycles. The lowest BCUT2D eigenvalue weighted by Gasteiger charge is -2.46. The molecule has 1 saturated heterocycles. The smallest absolute Gasteiger partial charge is 0.237 e. The van der Waals surface area contributed by atoms with Gasteiger partial charge in [0, 0.05) is 18.6 Å². The molecule has 0 radical (unpaired) electrons. The van der Waals surface area contributed by atoms with Gasteiger partial charge in [-0.25, -0.2) is 0 Å². The third kappa shape index (κ3) is 3.53. The summed E-state index contributed by atoms with van der Waals surface area (Å²) in [6, 6.07) is 11.1. The number of amides is 1. The summed E-state index contributed by atoms with van der Waals surface area (Å²) >= 11 is 0. The van der Waals surface area contributed by atoms with Crippen molar-refractivity contribution in [1.82, 2.24) is 10.6 Å².